The second-order valence-corrected chi connectivity index (χ2v) is 11.0. The van der Waals surface area contributed by atoms with Crippen LogP contribution < -0.4 is 5.32 Å². The number of anilines is 1. The van der Waals surface area contributed by atoms with Gasteiger partial charge in [0.15, 0.2) is 0 Å². The van der Waals surface area contributed by atoms with Gasteiger partial charge in [0, 0.05) is 31.3 Å². The third kappa shape index (κ3) is 5.05. The minimum absolute atomic E-state index is 0.142. The molecule has 180 valence electrons. The van der Waals surface area contributed by atoms with Crippen molar-refractivity contribution in [1.29, 1.82) is 0 Å². The first-order valence-corrected chi connectivity index (χ1v) is 12.9. The topological polar surface area (TPSA) is 105 Å². The van der Waals surface area contributed by atoms with Gasteiger partial charge in [-0.05, 0) is 55.0 Å². The number of nitrogens with one attached hydrogen (secondary N) is 1. The average Bonchev–Trinajstić information content (AvgIpc) is 3.26. The van der Waals surface area contributed by atoms with Crippen LogP contribution in [0.2, 0.25) is 0 Å². The molecule has 1 atom stereocenters. The predicted molar refractivity (Wildman–Crippen MR) is 130 cm³/mol. The molecule has 1 N–H and O–H groups in total. The van der Waals surface area contributed by atoms with Crippen molar-refractivity contribution in [2.24, 2.45) is 5.92 Å². The van der Waals surface area contributed by atoms with E-state index in [-0.39, 0.29) is 17.3 Å². The number of carbonyl (C=O) groups is 1. The predicted octanol–water partition coefficient (Wildman–Crippen LogP) is 4.52. The molecule has 3 aromatic rings. The first-order valence-electron chi connectivity index (χ1n) is 11.5. The summed E-state index contributed by atoms with van der Waals surface area (Å²) >= 11 is 0. The van der Waals surface area contributed by atoms with E-state index in [4.69, 9.17) is 4.52 Å². The molecule has 1 aromatic heterocycles. The summed E-state index contributed by atoms with van der Waals surface area (Å²) in [5.74, 6) is 0.576. The van der Waals surface area contributed by atoms with Crippen molar-refractivity contribution in [3.05, 3.63) is 59.5 Å². The van der Waals surface area contributed by atoms with Crippen LogP contribution >= 0.6 is 0 Å². The normalized spacial score (nSPS) is 17.1. The molecule has 4 rings (SSSR count). The van der Waals surface area contributed by atoms with E-state index < -0.39 is 15.9 Å². The van der Waals surface area contributed by atoms with Gasteiger partial charge in [0.05, 0.1) is 10.8 Å². The fourth-order valence-electron chi connectivity index (χ4n) is 4.14. The molecule has 9 heteroatoms. The molecule has 0 radical (unpaired) electrons. The van der Waals surface area contributed by atoms with Gasteiger partial charge < -0.3 is 9.84 Å². The number of benzene rings is 2. The number of aryl methyl sites for hydroxylation is 2. The number of nitrogens with zero attached hydrogens (tertiary/aromatic N) is 3. The summed E-state index contributed by atoms with van der Waals surface area (Å²) in [5, 5.41) is 6.84. The van der Waals surface area contributed by atoms with Crippen molar-refractivity contribution in [3.63, 3.8) is 0 Å². The third-order valence-electron chi connectivity index (χ3n) is 6.19. The van der Waals surface area contributed by atoms with E-state index in [1.165, 1.54) is 9.87 Å². The molecule has 0 spiro atoms. The molecular formula is C25H30N4O4S. The number of hydrogen-bond donors (Lipinski definition) is 1. The lowest BCUT2D eigenvalue weighted by atomic mass is 9.98. The summed E-state index contributed by atoms with van der Waals surface area (Å²) in [5.41, 5.74) is 3.10. The zero-order valence-corrected chi connectivity index (χ0v) is 20.7. The maximum atomic E-state index is 13.6. The lowest BCUT2D eigenvalue weighted by molar-refractivity contribution is -0.120. The molecule has 0 unspecified atom stereocenters. The van der Waals surface area contributed by atoms with Crippen molar-refractivity contribution >= 4 is 21.6 Å². The van der Waals surface area contributed by atoms with Crippen LogP contribution in [0.15, 0.2) is 51.9 Å². The van der Waals surface area contributed by atoms with E-state index in [2.05, 4.69) is 29.3 Å². The summed E-state index contributed by atoms with van der Waals surface area (Å²) in [4.78, 5) is 17.3. The number of amides is 1. The van der Waals surface area contributed by atoms with Crippen LogP contribution in [0.3, 0.4) is 0 Å². The van der Waals surface area contributed by atoms with E-state index >= 15 is 0 Å². The molecular weight excluding hydrogens is 452 g/mol. The van der Waals surface area contributed by atoms with Crippen LogP contribution in [0, 0.1) is 19.8 Å². The Morgan fingerprint density at radius 3 is 2.53 bits per heavy atom. The molecule has 1 aliphatic heterocycles. The van der Waals surface area contributed by atoms with Gasteiger partial charge in [0.2, 0.25) is 27.6 Å². The Labute approximate surface area is 200 Å². The molecule has 1 fully saturated rings. The Bertz CT molecular complexity index is 1280. The van der Waals surface area contributed by atoms with Crippen molar-refractivity contribution in [1.82, 2.24) is 14.4 Å². The standard InChI is InChI=1S/C25H30N4O4S/c1-16(2)19-9-11-22(12-10-19)27-25(30)21-6-5-13-29(15-21)34(31,32)23-14-20(8-7-17(23)3)24-26-18(4)33-28-24/h7-12,14,16,21H,5-6,13,15H2,1-4H3,(H,27,30)/t21-/m0/s1. The Kier molecular flexibility index (Phi) is 6.86. The average molecular weight is 483 g/mol. The Balaban J connectivity index is 1.51. The maximum absolute atomic E-state index is 13.6. The van der Waals surface area contributed by atoms with Gasteiger partial charge in [-0.25, -0.2) is 8.42 Å². The van der Waals surface area contributed by atoms with Crippen LogP contribution in [-0.4, -0.2) is 41.9 Å². The summed E-state index contributed by atoms with van der Waals surface area (Å²) < 4.78 is 33.6. The summed E-state index contributed by atoms with van der Waals surface area (Å²) in [6.45, 7) is 8.19. The molecule has 1 amide bonds. The summed E-state index contributed by atoms with van der Waals surface area (Å²) in [6.07, 6.45) is 1.26. The van der Waals surface area contributed by atoms with Crippen LogP contribution in [0.5, 0.6) is 0 Å². The Hall–Kier alpha value is -3.04. The van der Waals surface area contributed by atoms with Gasteiger partial charge in [0.25, 0.3) is 0 Å². The SMILES string of the molecule is Cc1nc(-c2ccc(C)c(S(=O)(=O)N3CCC[C@H](C(=O)Nc4ccc(C(C)C)cc4)C3)c2)no1. The summed E-state index contributed by atoms with van der Waals surface area (Å²) in [6, 6.07) is 12.9. The highest BCUT2D eigenvalue weighted by Gasteiger charge is 2.34. The number of hydrogen-bond acceptors (Lipinski definition) is 6. The molecule has 2 heterocycles. The molecule has 0 bridgehead atoms. The van der Waals surface area contributed by atoms with Gasteiger partial charge in [-0.2, -0.15) is 9.29 Å². The highest BCUT2D eigenvalue weighted by Crippen LogP contribution is 2.29. The molecule has 8 nitrogen and oxygen atoms in total. The van der Waals surface area contributed by atoms with Gasteiger partial charge in [-0.15, -0.1) is 0 Å². The molecule has 1 aliphatic rings. The lowest BCUT2D eigenvalue weighted by Crippen LogP contribution is -2.43. The van der Waals surface area contributed by atoms with Crippen LogP contribution in [0.4, 0.5) is 5.69 Å². The van der Waals surface area contributed by atoms with Gasteiger partial charge >= 0.3 is 0 Å². The lowest BCUT2D eigenvalue weighted by Gasteiger charge is -2.31. The molecule has 0 saturated carbocycles. The van der Waals surface area contributed by atoms with Gasteiger partial charge in [0.1, 0.15) is 0 Å². The monoisotopic (exact) mass is 482 g/mol. The van der Waals surface area contributed by atoms with Gasteiger partial charge in [-0.3, -0.25) is 4.79 Å². The minimum atomic E-state index is -3.80. The smallest absolute Gasteiger partial charge is 0.243 e. The van der Waals surface area contributed by atoms with Crippen LogP contribution in [0.1, 0.15) is 49.6 Å². The highest BCUT2D eigenvalue weighted by atomic mass is 32.2. The Morgan fingerprint density at radius 2 is 1.88 bits per heavy atom. The van der Waals surface area contributed by atoms with Crippen molar-refractivity contribution in [3.8, 4) is 11.4 Å². The molecule has 2 aromatic carbocycles. The molecule has 1 saturated heterocycles. The number of sulfonamides is 1. The first-order chi connectivity index (χ1) is 16.1. The third-order valence-corrected chi connectivity index (χ3v) is 8.20. The second kappa shape index (κ2) is 9.68. The van der Waals surface area contributed by atoms with E-state index in [0.717, 1.165) is 0 Å². The zero-order chi connectivity index (χ0) is 24.5. The van der Waals surface area contributed by atoms with E-state index in [1.54, 1.807) is 32.0 Å². The van der Waals surface area contributed by atoms with E-state index in [9.17, 15) is 13.2 Å². The van der Waals surface area contributed by atoms with Crippen molar-refractivity contribution in [2.45, 2.75) is 51.3 Å². The number of carbonyl (C=O) groups excluding carboxylic acids is 1. The van der Waals surface area contributed by atoms with E-state index in [0.29, 0.717) is 53.8 Å². The quantitative estimate of drug-likeness (QED) is 0.554. The zero-order valence-electron chi connectivity index (χ0n) is 19.9. The number of aromatic nitrogens is 2. The van der Waals surface area contributed by atoms with Crippen LogP contribution in [0.25, 0.3) is 11.4 Å². The van der Waals surface area contributed by atoms with Crippen LogP contribution in [-0.2, 0) is 14.8 Å². The first kappa shape index (κ1) is 24.1. The summed E-state index contributed by atoms with van der Waals surface area (Å²) in [7, 11) is -3.80. The minimum Gasteiger partial charge on any atom is -0.339 e. The van der Waals surface area contributed by atoms with E-state index in [1.807, 2.05) is 24.3 Å². The maximum Gasteiger partial charge on any atom is 0.243 e. The molecule has 0 aliphatic carbocycles. The fourth-order valence-corrected chi connectivity index (χ4v) is 5.92. The largest absolute Gasteiger partial charge is 0.339 e. The van der Waals surface area contributed by atoms with Gasteiger partial charge in [-0.1, -0.05) is 43.3 Å². The highest BCUT2D eigenvalue weighted by molar-refractivity contribution is 7.89. The fraction of sp³-hybridized carbons (Fsp3) is 0.400. The second-order valence-electron chi connectivity index (χ2n) is 9.09. The van der Waals surface area contributed by atoms with Crippen molar-refractivity contribution in [2.75, 3.05) is 18.4 Å². The molecule has 34 heavy (non-hydrogen) atoms. The Morgan fingerprint density at radius 1 is 1.15 bits per heavy atom. The number of rotatable bonds is 6. The number of piperidine rings is 1. The van der Waals surface area contributed by atoms with Crippen molar-refractivity contribution < 1.29 is 17.7 Å².